The van der Waals surface area contributed by atoms with Crippen LogP contribution in [0.2, 0.25) is 5.02 Å². The molecule has 1 unspecified atom stereocenters. The molecule has 122 valence electrons. The molecule has 6 heteroatoms. The topological polar surface area (TPSA) is 64.3 Å². The van der Waals surface area contributed by atoms with Crippen LogP contribution in [-0.4, -0.2) is 25.1 Å². The van der Waals surface area contributed by atoms with Crippen molar-refractivity contribution in [1.29, 1.82) is 0 Å². The van der Waals surface area contributed by atoms with E-state index in [1.165, 1.54) is 0 Å². The van der Waals surface area contributed by atoms with E-state index in [1.807, 2.05) is 12.1 Å². The van der Waals surface area contributed by atoms with Crippen molar-refractivity contribution in [1.82, 2.24) is 5.32 Å². The molecule has 0 aromatic heterocycles. The van der Waals surface area contributed by atoms with Crippen LogP contribution < -0.4 is 15.8 Å². The third-order valence-corrected chi connectivity index (χ3v) is 3.74. The van der Waals surface area contributed by atoms with Crippen molar-refractivity contribution in [3.05, 3.63) is 34.4 Å². The number of fused-ring (bicyclic) bond motifs is 1. The van der Waals surface area contributed by atoms with Crippen LogP contribution in [0.5, 0.6) is 5.75 Å². The predicted molar refractivity (Wildman–Crippen MR) is 92.7 cm³/mol. The second-order valence-corrected chi connectivity index (χ2v) is 5.63. The number of carbonyl (C=O) groups is 1. The largest absolute Gasteiger partial charge is 0.488 e. The first-order chi connectivity index (χ1) is 10.1. The summed E-state index contributed by atoms with van der Waals surface area (Å²) in [6.07, 6.45) is 4.86. The second kappa shape index (κ2) is 9.03. The lowest BCUT2D eigenvalue weighted by Crippen LogP contribution is -2.41. The smallest absolute Gasteiger partial charge is 0.250 e. The Morgan fingerprint density at radius 1 is 1.50 bits per heavy atom. The first-order valence-corrected chi connectivity index (χ1v) is 7.65. The Morgan fingerprint density at radius 3 is 2.95 bits per heavy atom. The Balaban J connectivity index is 0.00000242. The van der Waals surface area contributed by atoms with Crippen LogP contribution >= 0.6 is 24.0 Å². The zero-order chi connectivity index (χ0) is 15.2. The molecule has 1 aliphatic heterocycles. The zero-order valence-corrected chi connectivity index (χ0v) is 14.2. The van der Waals surface area contributed by atoms with Gasteiger partial charge < -0.3 is 15.8 Å². The van der Waals surface area contributed by atoms with Gasteiger partial charge in [-0.15, -0.1) is 12.4 Å². The van der Waals surface area contributed by atoms with Gasteiger partial charge in [0.15, 0.2) is 0 Å². The lowest BCUT2D eigenvalue weighted by Gasteiger charge is -2.21. The predicted octanol–water partition coefficient (Wildman–Crippen LogP) is 3.17. The standard InChI is InChI=1S/C16H21ClN2O2.ClH/c1-2-3-4-14(9-18)19-16(20)12-7-11-8-13(17)5-6-15(11)21-10-12;/h5-8,14H,2-4,9-10,18H2,1H3,(H,19,20);1H. The van der Waals surface area contributed by atoms with Gasteiger partial charge in [-0.1, -0.05) is 31.4 Å². The number of ether oxygens (including phenoxy) is 1. The second-order valence-electron chi connectivity index (χ2n) is 5.19. The van der Waals surface area contributed by atoms with E-state index in [9.17, 15) is 4.79 Å². The van der Waals surface area contributed by atoms with Crippen LogP contribution in [0, 0.1) is 0 Å². The molecule has 0 saturated heterocycles. The highest BCUT2D eigenvalue weighted by atomic mass is 35.5. The fourth-order valence-corrected chi connectivity index (χ4v) is 2.44. The number of halogens is 2. The normalized spacial score (nSPS) is 14.0. The third-order valence-electron chi connectivity index (χ3n) is 3.50. The molecule has 1 aliphatic rings. The van der Waals surface area contributed by atoms with Gasteiger partial charge in [-0.3, -0.25) is 4.79 Å². The molecule has 0 fully saturated rings. The number of rotatable bonds is 6. The van der Waals surface area contributed by atoms with E-state index in [0.717, 1.165) is 30.6 Å². The number of benzene rings is 1. The lowest BCUT2D eigenvalue weighted by molar-refractivity contribution is -0.118. The van der Waals surface area contributed by atoms with E-state index in [1.54, 1.807) is 12.1 Å². The highest BCUT2D eigenvalue weighted by molar-refractivity contribution is 6.30. The Bertz CT molecular complexity index is 547. The molecule has 22 heavy (non-hydrogen) atoms. The van der Waals surface area contributed by atoms with Crippen molar-refractivity contribution in [2.24, 2.45) is 5.73 Å². The summed E-state index contributed by atoms with van der Waals surface area (Å²) in [4.78, 5) is 12.3. The van der Waals surface area contributed by atoms with Crippen molar-refractivity contribution in [2.75, 3.05) is 13.2 Å². The minimum atomic E-state index is -0.118. The van der Waals surface area contributed by atoms with Gasteiger partial charge >= 0.3 is 0 Å². The molecule has 0 saturated carbocycles. The third kappa shape index (κ3) is 4.90. The van der Waals surface area contributed by atoms with Crippen molar-refractivity contribution in [2.45, 2.75) is 32.2 Å². The molecule has 0 spiro atoms. The van der Waals surface area contributed by atoms with Crippen molar-refractivity contribution in [3.63, 3.8) is 0 Å². The quantitative estimate of drug-likeness (QED) is 0.832. The van der Waals surface area contributed by atoms with Gasteiger partial charge in [-0.2, -0.15) is 0 Å². The fourth-order valence-electron chi connectivity index (χ4n) is 2.26. The molecule has 0 radical (unpaired) electrons. The number of amides is 1. The highest BCUT2D eigenvalue weighted by Crippen LogP contribution is 2.28. The molecule has 1 amide bonds. The molecule has 2 rings (SSSR count). The van der Waals surface area contributed by atoms with Gasteiger partial charge in [0.05, 0.1) is 5.57 Å². The molecule has 1 aromatic rings. The van der Waals surface area contributed by atoms with Crippen LogP contribution in [0.1, 0.15) is 31.7 Å². The number of nitrogens with one attached hydrogen (secondary N) is 1. The fraction of sp³-hybridized carbons (Fsp3) is 0.438. The molecular weight excluding hydrogens is 323 g/mol. The van der Waals surface area contributed by atoms with Gasteiger partial charge in [0, 0.05) is 23.2 Å². The Morgan fingerprint density at radius 2 is 2.27 bits per heavy atom. The lowest BCUT2D eigenvalue weighted by atomic mass is 10.1. The Labute approximate surface area is 142 Å². The number of nitrogens with two attached hydrogens (primary N) is 1. The first kappa shape index (κ1) is 18.8. The number of unbranched alkanes of at least 4 members (excludes halogenated alkanes) is 1. The van der Waals surface area contributed by atoms with Crippen LogP contribution in [0.15, 0.2) is 23.8 Å². The Hall–Kier alpha value is -1.23. The van der Waals surface area contributed by atoms with Gasteiger partial charge in [0.25, 0.3) is 5.91 Å². The monoisotopic (exact) mass is 344 g/mol. The van der Waals surface area contributed by atoms with E-state index in [4.69, 9.17) is 22.1 Å². The number of hydrogen-bond donors (Lipinski definition) is 2. The average molecular weight is 345 g/mol. The molecule has 1 heterocycles. The van der Waals surface area contributed by atoms with E-state index < -0.39 is 0 Å². The maximum atomic E-state index is 12.3. The molecule has 0 aliphatic carbocycles. The highest BCUT2D eigenvalue weighted by Gasteiger charge is 2.19. The summed E-state index contributed by atoms with van der Waals surface area (Å²) in [5, 5.41) is 3.59. The van der Waals surface area contributed by atoms with E-state index >= 15 is 0 Å². The summed E-state index contributed by atoms with van der Waals surface area (Å²) in [7, 11) is 0. The summed E-state index contributed by atoms with van der Waals surface area (Å²) >= 11 is 5.97. The van der Waals surface area contributed by atoms with Crippen LogP contribution in [0.25, 0.3) is 6.08 Å². The van der Waals surface area contributed by atoms with E-state index in [2.05, 4.69) is 12.2 Å². The first-order valence-electron chi connectivity index (χ1n) is 7.28. The summed E-state index contributed by atoms with van der Waals surface area (Å²) in [6.45, 7) is 2.83. The van der Waals surface area contributed by atoms with Crippen LogP contribution in [0.3, 0.4) is 0 Å². The molecule has 1 aromatic carbocycles. The minimum Gasteiger partial charge on any atom is -0.488 e. The average Bonchev–Trinajstić information content (AvgIpc) is 2.50. The molecule has 1 atom stereocenters. The summed E-state index contributed by atoms with van der Waals surface area (Å²) in [6, 6.07) is 5.39. The summed E-state index contributed by atoms with van der Waals surface area (Å²) in [5.41, 5.74) is 7.13. The Kier molecular flexibility index (Phi) is 7.73. The molecular formula is C16H22Cl2N2O2. The van der Waals surface area contributed by atoms with Gasteiger partial charge in [0.1, 0.15) is 12.4 Å². The molecule has 4 nitrogen and oxygen atoms in total. The van der Waals surface area contributed by atoms with E-state index in [-0.39, 0.29) is 31.0 Å². The number of carbonyl (C=O) groups excluding carboxylic acids is 1. The van der Waals surface area contributed by atoms with Crippen LogP contribution in [-0.2, 0) is 4.79 Å². The minimum absolute atomic E-state index is 0. The van der Waals surface area contributed by atoms with Gasteiger partial charge in [-0.05, 0) is 30.7 Å². The SMILES string of the molecule is CCCCC(CN)NC(=O)C1=Cc2cc(Cl)ccc2OC1.Cl. The van der Waals surface area contributed by atoms with Gasteiger partial charge in [0.2, 0.25) is 0 Å². The maximum Gasteiger partial charge on any atom is 0.250 e. The maximum absolute atomic E-state index is 12.3. The zero-order valence-electron chi connectivity index (χ0n) is 12.6. The van der Waals surface area contributed by atoms with Gasteiger partial charge in [-0.25, -0.2) is 0 Å². The summed E-state index contributed by atoms with van der Waals surface area (Å²) in [5.74, 6) is 0.629. The summed E-state index contributed by atoms with van der Waals surface area (Å²) < 4.78 is 5.59. The van der Waals surface area contributed by atoms with Crippen molar-refractivity contribution >= 4 is 36.0 Å². The molecule has 3 N–H and O–H groups in total. The van der Waals surface area contributed by atoms with E-state index in [0.29, 0.717) is 17.1 Å². The number of hydrogen-bond acceptors (Lipinski definition) is 3. The van der Waals surface area contributed by atoms with Crippen molar-refractivity contribution in [3.8, 4) is 5.75 Å². The molecule has 0 bridgehead atoms. The van der Waals surface area contributed by atoms with Crippen molar-refractivity contribution < 1.29 is 9.53 Å². The van der Waals surface area contributed by atoms with Crippen LogP contribution in [0.4, 0.5) is 0 Å².